The average Bonchev–Trinajstić information content (AvgIpc) is 2.90. The van der Waals surface area contributed by atoms with Gasteiger partial charge in [-0.15, -0.1) is 5.10 Å². The molecule has 0 saturated heterocycles. The Morgan fingerprint density at radius 3 is 2.36 bits per heavy atom. The first-order valence-corrected chi connectivity index (χ1v) is 12.2. The first-order valence-electron chi connectivity index (χ1n) is 12.2. The number of nitrogens with one attached hydrogen (secondary N) is 2. The lowest BCUT2D eigenvalue weighted by atomic mass is 10.1. The summed E-state index contributed by atoms with van der Waals surface area (Å²) in [5.41, 5.74) is 8.13. The number of anilines is 3. The second-order valence-electron chi connectivity index (χ2n) is 8.79. The Morgan fingerprint density at radius 1 is 0.833 bits per heavy atom. The number of carbonyl (C=O) groups is 1. The number of nitrogens with zero attached hydrogens (tertiary/aromatic N) is 3. The van der Waals surface area contributed by atoms with Crippen LogP contribution in [0.15, 0.2) is 77.6 Å². The molecule has 8 heteroatoms. The van der Waals surface area contributed by atoms with Gasteiger partial charge in [0.05, 0.1) is 22.3 Å². The molecule has 182 valence electrons. The van der Waals surface area contributed by atoms with E-state index in [9.17, 15) is 9.59 Å². The van der Waals surface area contributed by atoms with Gasteiger partial charge >= 0.3 is 0 Å². The number of nitrogen functional groups attached to an aromatic ring is 1. The van der Waals surface area contributed by atoms with Crippen molar-refractivity contribution in [2.45, 2.75) is 32.1 Å². The van der Waals surface area contributed by atoms with Crippen LogP contribution in [0.1, 0.15) is 32.1 Å². The van der Waals surface area contributed by atoms with Crippen LogP contribution in [0.25, 0.3) is 27.3 Å². The lowest BCUT2D eigenvalue weighted by Gasteiger charge is -2.12. The molecular formula is C28H28N6O2. The minimum atomic E-state index is -0.181. The highest BCUT2D eigenvalue weighted by atomic mass is 16.1. The maximum absolute atomic E-state index is 13.1. The van der Waals surface area contributed by atoms with Gasteiger partial charge in [-0.3, -0.25) is 9.59 Å². The molecule has 0 saturated carbocycles. The summed E-state index contributed by atoms with van der Waals surface area (Å²) < 4.78 is 1.39. The van der Waals surface area contributed by atoms with Crippen LogP contribution in [0.4, 0.5) is 17.2 Å². The first-order chi connectivity index (χ1) is 17.6. The topological polar surface area (TPSA) is 114 Å². The third kappa shape index (κ3) is 4.84. The van der Waals surface area contributed by atoms with Crippen LogP contribution in [0.3, 0.4) is 0 Å². The van der Waals surface area contributed by atoms with E-state index in [2.05, 4.69) is 15.7 Å². The molecule has 0 aliphatic heterocycles. The second-order valence-corrected chi connectivity index (χ2v) is 8.79. The fraction of sp³-hybridized carbons (Fsp3) is 0.214. The summed E-state index contributed by atoms with van der Waals surface area (Å²) in [7, 11) is 0. The standard InChI is InChI=1S/C28H28N6O2/c29-22-14-7-9-16-24(22)31-25(35)17-3-1-2-10-18-30-26-19-11-4-5-12-20(19)27-32-23-15-8-6-13-21(23)28(36)34(27)33-26/h4-9,11-16H,1-3,10,17-18,29H2,(H,30,33)(H,31,35). The van der Waals surface area contributed by atoms with Crippen LogP contribution in [0, 0.1) is 0 Å². The van der Waals surface area contributed by atoms with Gasteiger partial charge in [-0.2, -0.15) is 4.52 Å². The van der Waals surface area contributed by atoms with E-state index in [-0.39, 0.29) is 11.5 Å². The molecule has 5 rings (SSSR count). The quantitative estimate of drug-likeness (QED) is 0.119. The molecule has 0 atom stereocenters. The Kier molecular flexibility index (Phi) is 6.75. The Hall–Kier alpha value is -4.46. The molecule has 0 radical (unpaired) electrons. The lowest BCUT2D eigenvalue weighted by molar-refractivity contribution is -0.116. The van der Waals surface area contributed by atoms with Crippen molar-refractivity contribution < 1.29 is 4.79 Å². The van der Waals surface area contributed by atoms with E-state index >= 15 is 0 Å². The monoisotopic (exact) mass is 480 g/mol. The molecule has 0 aliphatic carbocycles. The van der Waals surface area contributed by atoms with Gasteiger partial charge in [-0.05, 0) is 37.1 Å². The van der Waals surface area contributed by atoms with Crippen molar-refractivity contribution >= 4 is 50.4 Å². The molecule has 3 aromatic carbocycles. The molecule has 36 heavy (non-hydrogen) atoms. The predicted octanol–water partition coefficient (Wildman–Crippen LogP) is 4.98. The minimum Gasteiger partial charge on any atom is -0.397 e. The molecule has 8 nitrogen and oxygen atoms in total. The van der Waals surface area contributed by atoms with Crippen molar-refractivity contribution in [3.8, 4) is 0 Å². The largest absolute Gasteiger partial charge is 0.397 e. The van der Waals surface area contributed by atoms with Crippen molar-refractivity contribution in [1.29, 1.82) is 0 Å². The van der Waals surface area contributed by atoms with Crippen LogP contribution in [-0.2, 0) is 4.79 Å². The number of para-hydroxylation sites is 3. The maximum Gasteiger partial charge on any atom is 0.282 e. The SMILES string of the molecule is Nc1ccccc1NC(=O)CCCCCCNc1nn2c(=O)c3ccccc3nc2c2ccccc12. The molecule has 0 aliphatic rings. The smallest absolute Gasteiger partial charge is 0.282 e. The van der Waals surface area contributed by atoms with Crippen molar-refractivity contribution in [2.24, 2.45) is 0 Å². The second kappa shape index (κ2) is 10.4. The fourth-order valence-corrected chi connectivity index (χ4v) is 4.35. The van der Waals surface area contributed by atoms with Gasteiger partial charge in [-0.1, -0.05) is 61.4 Å². The van der Waals surface area contributed by atoms with Crippen LogP contribution in [0.2, 0.25) is 0 Å². The summed E-state index contributed by atoms with van der Waals surface area (Å²) >= 11 is 0. The lowest BCUT2D eigenvalue weighted by Crippen LogP contribution is -2.20. The highest BCUT2D eigenvalue weighted by Gasteiger charge is 2.13. The first kappa shape index (κ1) is 23.3. The molecule has 4 N–H and O–H groups in total. The van der Waals surface area contributed by atoms with Gasteiger partial charge in [0, 0.05) is 23.7 Å². The Balaban J connectivity index is 1.20. The summed E-state index contributed by atoms with van der Waals surface area (Å²) in [6.07, 6.45) is 4.12. The number of benzene rings is 3. The predicted molar refractivity (Wildman–Crippen MR) is 145 cm³/mol. The van der Waals surface area contributed by atoms with Crippen LogP contribution >= 0.6 is 0 Å². The number of carbonyl (C=O) groups excluding carboxylic acids is 1. The van der Waals surface area contributed by atoms with E-state index in [1.54, 1.807) is 18.2 Å². The number of hydrogen-bond acceptors (Lipinski definition) is 6. The molecule has 0 bridgehead atoms. The number of unbranched alkanes of at least 4 members (excludes halogenated alkanes) is 3. The molecule has 5 aromatic rings. The summed E-state index contributed by atoms with van der Waals surface area (Å²) in [5, 5.41) is 13.2. The number of amides is 1. The van der Waals surface area contributed by atoms with E-state index in [1.165, 1.54) is 4.52 Å². The van der Waals surface area contributed by atoms with Crippen LogP contribution < -0.4 is 21.9 Å². The number of hydrogen-bond donors (Lipinski definition) is 3. The van der Waals surface area contributed by atoms with Gasteiger partial charge in [0.15, 0.2) is 11.5 Å². The highest BCUT2D eigenvalue weighted by Crippen LogP contribution is 2.25. The van der Waals surface area contributed by atoms with Crippen LogP contribution in [0.5, 0.6) is 0 Å². The Bertz CT molecular complexity index is 1610. The van der Waals surface area contributed by atoms with Gasteiger partial charge in [0.25, 0.3) is 5.56 Å². The molecule has 1 amide bonds. The van der Waals surface area contributed by atoms with Gasteiger partial charge in [0.1, 0.15) is 0 Å². The number of rotatable bonds is 9. The van der Waals surface area contributed by atoms with E-state index in [1.807, 2.05) is 54.6 Å². The summed E-state index contributed by atoms with van der Waals surface area (Å²) in [6.45, 7) is 0.713. The van der Waals surface area contributed by atoms with Crippen molar-refractivity contribution in [3.63, 3.8) is 0 Å². The summed E-state index contributed by atoms with van der Waals surface area (Å²) in [4.78, 5) is 30.0. The van der Waals surface area contributed by atoms with E-state index in [0.717, 1.165) is 36.5 Å². The van der Waals surface area contributed by atoms with Crippen molar-refractivity contribution in [1.82, 2.24) is 14.6 Å². The minimum absolute atomic E-state index is 0.0237. The maximum atomic E-state index is 13.1. The van der Waals surface area contributed by atoms with Crippen molar-refractivity contribution in [2.75, 3.05) is 22.9 Å². The highest BCUT2D eigenvalue weighted by molar-refractivity contribution is 6.01. The normalized spacial score (nSPS) is 11.2. The van der Waals surface area contributed by atoms with Crippen LogP contribution in [-0.4, -0.2) is 27.0 Å². The number of nitrogens with two attached hydrogens (primary N) is 1. The third-order valence-electron chi connectivity index (χ3n) is 6.23. The molecule has 0 unspecified atom stereocenters. The summed E-state index contributed by atoms with van der Waals surface area (Å²) in [6, 6.07) is 22.4. The molecule has 0 spiro atoms. The van der Waals surface area contributed by atoms with Gasteiger partial charge < -0.3 is 16.4 Å². The molecule has 2 aromatic heterocycles. The fourth-order valence-electron chi connectivity index (χ4n) is 4.35. The Morgan fingerprint density at radius 2 is 1.53 bits per heavy atom. The molecule has 0 fully saturated rings. The average molecular weight is 481 g/mol. The van der Waals surface area contributed by atoms with E-state index in [0.29, 0.717) is 46.7 Å². The van der Waals surface area contributed by atoms with E-state index < -0.39 is 0 Å². The molecule has 2 heterocycles. The third-order valence-corrected chi connectivity index (χ3v) is 6.23. The van der Waals surface area contributed by atoms with Gasteiger partial charge in [-0.25, -0.2) is 4.98 Å². The summed E-state index contributed by atoms with van der Waals surface area (Å²) in [5.74, 6) is 0.640. The van der Waals surface area contributed by atoms with Crippen molar-refractivity contribution in [3.05, 3.63) is 83.2 Å². The van der Waals surface area contributed by atoms with Gasteiger partial charge in [0.2, 0.25) is 5.91 Å². The Labute approximate surface area is 208 Å². The number of aromatic nitrogens is 3. The molecular weight excluding hydrogens is 452 g/mol. The zero-order valence-corrected chi connectivity index (χ0v) is 19.9. The zero-order chi connectivity index (χ0) is 24.9. The number of fused-ring (bicyclic) bond motifs is 4. The zero-order valence-electron chi connectivity index (χ0n) is 19.9. The van der Waals surface area contributed by atoms with E-state index in [4.69, 9.17) is 10.7 Å².